The number of allylic oxidation sites excluding steroid dienone is 1. The van der Waals surface area contributed by atoms with Gasteiger partial charge in [0, 0.05) is 23.5 Å². The fourth-order valence-electron chi connectivity index (χ4n) is 3.91. The lowest BCUT2D eigenvalue weighted by molar-refractivity contribution is 0.102. The lowest BCUT2D eigenvalue weighted by Crippen LogP contribution is -2.18. The number of aromatic nitrogens is 2. The van der Waals surface area contributed by atoms with Crippen LogP contribution >= 0.6 is 0 Å². The number of anilines is 1. The Bertz CT molecular complexity index is 1210. The van der Waals surface area contributed by atoms with E-state index in [9.17, 15) is 4.79 Å². The number of nitrogens with one attached hydrogen (secondary N) is 1. The van der Waals surface area contributed by atoms with Crippen LogP contribution in [0.4, 0.5) is 5.69 Å². The van der Waals surface area contributed by atoms with Crippen molar-refractivity contribution in [2.24, 2.45) is 0 Å². The van der Waals surface area contributed by atoms with Crippen LogP contribution in [0.1, 0.15) is 40.2 Å². The lowest BCUT2D eigenvalue weighted by atomic mass is 9.86. The van der Waals surface area contributed by atoms with Gasteiger partial charge in [-0.05, 0) is 66.8 Å². The van der Waals surface area contributed by atoms with Gasteiger partial charge in [0.25, 0.3) is 5.91 Å². The second kappa shape index (κ2) is 7.36. The third kappa shape index (κ3) is 3.31. The first-order valence-electron chi connectivity index (χ1n) is 9.67. The molecule has 3 aromatic heterocycles. The molecule has 1 amide bonds. The summed E-state index contributed by atoms with van der Waals surface area (Å²) in [6.45, 7) is 0. The largest absolute Gasteiger partial charge is 0.465 e. The fourth-order valence-corrected chi connectivity index (χ4v) is 3.91. The van der Waals surface area contributed by atoms with Gasteiger partial charge in [-0.2, -0.15) is 0 Å². The van der Waals surface area contributed by atoms with Crippen molar-refractivity contribution in [1.82, 2.24) is 9.97 Å². The molecule has 1 N–H and O–H groups in total. The summed E-state index contributed by atoms with van der Waals surface area (Å²) in [7, 11) is 0. The molecule has 29 heavy (non-hydrogen) atoms. The molecule has 5 nitrogen and oxygen atoms in total. The molecule has 1 aromatic carbocycles. The van der Waals surface area contributed by atoms with E-state index in [2.05, 4.69) is 10.3 Å². The smallest absolute Gasteiger partial charge is 0.256 e. The van der Waals surface area contributed by atoms with E-state index < -0.39 is 0 Å². The van der Waals surface area contributed by atoms with Crippen molar-refractivity contribution in [3.8, 4) is 0 Å². The zero-order valence-corrected chi connectivity index (χ0v) is 15.8. The maximum atomic E-state index is 13.3. The number of benzene rings is 1. The van der Waals surface area contributed by atoms with Crippen molar-refractivity contribution >= 4 is 34.1 Å². The zero-order valence-electron chi connectivity index (χ0n) is 15.8. The van der Waals surface area contributed by atoms with Crippen molar-refractivity contribution in [3.63, 3.8) is 0 Å². The van der Waals surface area contributed by atoms with E-state index in [1.807, 2.05) is 42.5 Å². The lowest BCUT2D eigenvalue weighted by Gasteiger charge is -2.22. The Labute approximate surface area is 168 Å². The van der Waals surface area contributed by atoms with Crippen molar-refractivity contribution in [2.45, 2.75) is 19.3 Å². The molecule has 5 rings (SSSR count). The molecule has 0 fully saturated rings. The topological polar surface area (TPSA) is 68.0 Å². The van der Waals surface area contributed by atoms with E-state index in [0.29, 0.717) is 5.56 Å². The first kappa shape index (κ1) is 17.4. The van der Waals surface area contributed by atoms with Gasteiger partial charge in [-0.1, -0.05) is 18.2 Å². The van der Waals surface area contributed by atoms with Crippen LogP contribution in [0.15, 0.2) is 71.6 Å². The maximum Gasteiger partial charge on any atom is 0.256 e. The molecule has 0 spiro atoms. The Hall–Kier alpha value is -3.73. The Morgan fingerprint density at radius 2 is 1.90 bits per heavy atom. The van der Waals surface area contributed by atoms with Crippen molar-refractivity contribution in [1.29, 1.82) is 0 Å². The van der Waals surface area contributed by atoms with Crippen LogP contribution in [0.2, 0.25) is 0 Å². The number of rotatable bonds is 3. The van der Waals surface area contributed by atoms with E-state index >= 15 is 0 Å². The molecule has 0 bridgehead atoms. The van der Waals surface area contributed by atoms with Crippen molar-refractivity contribution in [3.05, 3.63) is 89.8 Å². The van der Waals surface area contributed by atoms with Gasteiger partial charge in [0.1, 0.15) is 5.76 Å². The van der Waals surface area contributed by atoms with E-state index in [1.54, 1.807) is 30.8 Å². The molecule has 4 aromatic rings. The number of fused-ring (bicyclic) bond motifs is 2. The number of furan rings is 1. The predicted octanol–water partition coefficient (Wildman–Crippen LogP) is 5.35. The van der Waals surface area contributed by atoms with E-state index in [4.69, 9.17) is 9.40 Å². The summed E-state index contributed by atoms with van der Waals surface area (Å²) >= 11 is 0. The number of carbonyl (C=O) groups excluding carboxylic acids is 1. The number of para-hydroxylation sites is 1. The van der Waals surface area contributed by atoms with Gasteiger partial charge in [0.05, 0.1) is 23.0 Å². The normalized spacial score (nSPS) is 14.7. The third-order valence-electron chi connectivity index (χ3n) is 5.20. The molecule has 0 saturated carbocycles. The highest BCUT2D eigenvalue weighted by Crippen LogP contribution is 2.36. The highest BCUT2D eigenvalue weighted by Gasteiger charge is 2.25. The van der Waals surface area contributed by atoms with E-state index in [0.717, 1.165) is 58.4 Å². The first-order chi connectivity index (χ1) is 14.3. The van der Waals surface area contributed by atoms with E-state index in [1.165, 1.54) is 0 Å². The van der Waals surface area contributed by atoms with E-state index in [-0.39, 0.29) is 5.91 Å². The molecule has 3 heterocycles. The van der Waals surface area contributed by atoms with Gasteiger partial charge < -0.3 is 9.73 Å². The number of amides is 1. The van der Waals surface area contributed by atoms with Crippen LogP contribution in [0, 0.1) is 0 Å². The molecule has 1 aliphatic carbocycles. The summed E-state index contributed by atoms with van der Waals surface area (Å²) in [4.78, 5) is 22.3. The number of hydrogen-bond acceptors (Lipinski definition) is 4. The highest BCUT2D eigenvalue weighted by atomic mass is 16.3. The minimum absolute atomic E-state index is 0.120. The molecule has 0 atom stereocenters. The molecular formula is C24H19N3O2. The summed E-state index contributed by atoms with van der Waals surface area (Å²) in [5.41, 5.74) is 5.24. The van der Waals surface area contributed by atoms with Crippen LogP contribution < -0.4 is 5.32 Å². The van der Waals surface area contributed by atoms with Crippen LogP contribution in [-0.4, -0.2) is 15.9 Å². The summed E-state index contributed by atoms with van der Waals surface area (Å²) in [5, 5.41) is 3.89. The first-order valence-corrected chi connectivity index (χ1v) is 9.67. The molecule has 5 heteroatoms. The summed E-state index contributed by atoms with van der Waals surface area (Å²) in [6.07, 6.45) is 9.73. The maximum absolute atomic E-state index is 13.3. The molecular weight excluding hydrogens is 362 g/mol. The molecule has 0 aliphatic heterocycles. The average molecular weight is 381 g/mol. The van der Waals surface area contributed by atoms with Crippen molar-refractivity contribution in [2.75, 3.05) is 5.32 Å². The van der Waals surface area contributed by atoms with Gasteiger partial charge >= 0.3 is 0 Å². The second-order valence-corrected chi connectivity index (χ2v) is 7.06. The number of nitrogens with zero attached hydrogens (tertiary/aromatic N) is 2. The minimum atomic E-state index is -0.120. The van der Waals surface area contributed by atoms with Gasteiger partial charge in [-0.3, -0.25) is 9.78 Å². The van der Waals surface area contributed by atoms with Gasteiger partial charge in [0.2, 0.25) is 0 Å². The van der Waals surface area contributed by atoms with Gasteiger partial charge in [0.15, 0.2) is 0 Å². The molecule has 0 unspecified atom stereocenters. The summed E-state index contributed by atoms with van der Waals surface area (Å²) in [6, 6.07) is 15.2. The third-order valence-corrected chi connectivity index (χ3v) is 5.20. The molecule has 1 aliphatic rings. The van der Waals surface area contributed by atoms with Crippen molar-refractivity contribution < 1.29 is 9.21 Å². The standard InChI is InChI=1S/C24H19N3O2/c28-24(26-17-10-12-25-13-11-17)22-19-7-1-2-9-21(19)27-23-16(5-3-8-20(22)23)15-18-6-4-14-29-18/h1-2,4,6-7,9-15H,3,5,8H2,(H,25,26,28)/b16-15-. The summed E-state index contributed by atoms with van der Waals surface area (Å²) in [5.74, 6) is 0.677. The summed E-state index contributed by atoms with van der Waals surface area (Å²) < 4.78 is 5.51. The SMILES string of the molecule is O=C(Nc1ccncc1)c1c2c(nc3ccccc13)/C(=C\c1ccco1)CCC2. The molecule has 0 radical (unpaired) electrons. The number of carbonyl (C=O) groups is 1. The number of pyridine rings is 2. The quantitative estimate of drug-likeness (QED) is 0.519. The predicted molar refractivity (Wildman–Crippen MR) is 113 cm³/mol. The number of hydrogen-bond donors (Lipinski definition) is 1. The van der Waals surface area contributed by atoms with Crippen LogP contribution in [-0.2, 0) is 6.42 Å². The van der Waals surface area contributed by atoms with Crippen LogP contribution in [0.5, 0.6) is 0 Å². The monoisotopic (exact) mass is 381 g/mol. The van der Waals surface area contributed by atoms with Gasteiger partial charge in [-0.15, -0.1) is 0 Å². The Kier molecular flexibility index (Phi) is 4.41. The average Bonchev–Trinajstić information content (AvgIpc) is 3.26. The zero-order chi connectivity index (χ0) is 19.6. The van der Waals surface area contributed by atoms with Gasteiger partial charge in [-0.25, -0.2) is 4.98 Å². The second-order valence-electron chi connectivity index (χ2n) is 7.06. The highest BCUT2D eigenvalue weighted by molar-refractivity contribution is 6.14. The van der Waals surface area contributed by atoms with Crippen LogP contribution in [0.25, 0.3) is 22.6 Å². The Morgan fingerprint density at radius 1 is 1.03 bits per heavy atom. The Morgan fingerprint density at radius 3 is 2.72 bits per heavy atom. The minimum Gasteiger partial charge on any atom is -0.465 e. The molecule has 142 valence electrons. The van der Waals surface area contributed by atoms with Crippen LogP contribution in [0.3, 0.4) is 0 Å². The fraction of sp³-hybridized carbons (Fsp3) is 0.125. The molecule has 0 saturated heterocycles. The Balaban J connectivity index is 1.68.